The Morgan fingerprint density at radius 2 is 1.32 bits per heavy atom. The number of carbonyl (C=O) groups is 3. The summed E-state index contributed by atoms with van der Waals surface area (Å²) in [5.74, 6) is -1.47. The topological polar surface area (TPSA) is 86.7 Å². The van der Waals surface area contributed by atoms with Gasteiger partial charge in [-0.05, 0) is 60.2 Å². The van der Waals surface area contributed by atoms with Crippen LogP contribution in [0.15, 0.2) is 103 Å². The van der Waals surface area contributed by atoms with Crippen molar-refractivity contribution in [1.29, 1.82) is 0 Å². The van der Waals surface area contributed by atoms with Gasteiger partial charge in [0.1, 0.15) is 0 Å². The molecule has 0 radical (unpaired) electrons. The lowest BCUT2D eigenvalue weighted by molar-refractivity contribution is -0.137. The summed E-state index contributed by atoms with van der Waals surface area (Å²) in [4.78, 5) is 40.4. The Morgan fingerprint density at radius 3 is 2.00 bits per heavy atom. The van der Waals surface area contributed by atoms with Crippen LogP contribution < -0.4 is 5.32 Å². The molecule has 204 valence electrons. The van der Waals surface area contributed by atoms with Crippen molar-refractivity contribution in [2.45, 2.75) is 32.7 Å². The van der Waals surface area contributed by atoms with E-state index < -0.39 is 5.97 Å². The summed E-state index contributed by atoms with van der Waals surface area (Å²) in [5.41, 5.74) is 5.38. The van der Waals surface area contributed by atoms with Gasteiger partial charge in [-0.1, -0.05) is 91.0 Å². The third kappa shape index (κ3) is 7.03. The summed E-state index contributed by atoms with van der Waals surface area (Å²) in [5, 5.41) is 12.4. The van der Waals surface area contributed by atoms with E-state index in [0.29, 0.717) is 35.2 Å². The van der Waals surface area contributed by atoms with Gasteiger partial charge < -0.3 is 15.3 Å². The van der Waals surface area contributed by atoms with E-state index in [9.17, 15) is 19.5 Å². The first-order valence-electron chi connectivity index (χ1n) is 13.4. The zero-order valence-corrected chi connectivity index (χ0v) is 22.8. The van der Waals surface area contributed by atoms with Crippen molar-refractivity contribution in [3.05, 3.63) is 131 Å². The lowest BCUT2D eigenvalue weighted by Crippen LogP contribution is -2.35. The molecule has 0 bridgehead atoms. The lowest BCUT2D eigenvalue weighted by atomic mass is 9.94. The largest absolute Gasteiger partial charge is 0.481 e. The molecular weight excluding hydrogens is 500 g/mol. The zero-order valence-electron chi connectivity index (χ0n) is 22.8. The predicted molar refractivity (Wildman–Crippen MR) is 157 cm³/mol. The van der Waals surface area contributed by atoms with Crippen LogP contribution in [-0.4, -0.2) is 40.9 Å². The number of nitrogens with zero attached hydrogens (tertiary/aromatic N) is 1. The van der Waals surface area contributed by atoms with Crippen LogP contribution in [0.1, 0.15) is 56.8 Å². The number of rotatable bonds is 11. The third-order valence-corrected chi connectivity index (χ3v) is 7.06. The van der Waals surface area contributed by atoms with E-state index in [4.69, 9.17) is 0 Å². The summed E-state index contributed by atoms with van der Waals surface area (Å²) in [7, 11) is 0. The second-order valence-electron chi connectivity index (χ2n) is 9.81. The minimum atomic E-state index is -0.962. The Hall–Kier alpha value is -4.71. The van der Waals surface area contributed by atoms with Gasteiger partial charge in [-0.2, -0.15) is 0 Å². The second-order valence-corrected chi connectivity index (χ2v) is 9.81. The molecule has 0 fully saturated rings. The number of aliphatic carboxylic acids is 1. The van der Waals surface area contributed by atoms with Gasteiger partial charge in [-0.25, -0.2) is 0 Å². The SMILES string of the molecule is Cc1ccccc1CCN(CCC(=O)O)C(=O)c1ccccc1-c1ccccc1C(=O)NC(C)c1ccccc1. The number of carbonyl (C=O) groups excluding carboxylic acids is 2. The second kappa shape index (κ2) is 13.4. The number of carboxylic acid groups (broad SMARTS) is 1. The number of amides is 2. The molecule has 6 heteroatoms. The first kappa shape index (κ1) is 28.3. The van der Waals surface area contributed by atoms with Crippen LogP contribution in [0, 0.1) is 6.92 Å². The molecule has 0 aromatic heterocycles. The Balaban J connectivity index is 1.63. The quantitative estimate of drug-likeness (QED) is 0.236. The third-order valence-electron chi connectivity index (χ3n) is 7.06. The monoisotopic (exact) mass is 534 g/mol. The summed E-state index contributed by atoms with van der Waals surface area (Å²) >= 11 is 0. The molecule has 0 spiro atoms. The van der Waals surface area contributed by atoms with E-state index in [1.807, 2.05) is 92.7 Å². The number of nitrogens with one attached hydrogen (secondary N) is 1. The molecule has 4 aromatic rings. The number of aryl methyl sites for hydroxylation is 1. The predicted octanol–water partition coefficient (Wildman–Crippen LogP) is 6.31. The van der Waals surface area contributed by atoms with Crippen molar-refractivity contribution in [2.75, 3.05) is 13.1 Å². The van der Waals surface area contributed by atoms with Gasteiger partial charge in [0.05, 0.1) is 12.5 Å². The number of hydrogen-bond acceptors (Lipinski definition) is 3. The molecule has 6 nitrogen and oxygen atoms in total. The maximum Gasteiger partial charge on any atom is 0.305 e. The van der Waals surface area contributed by atoms with Crippen LogP contribution in [0.5, 0.6) is 0 Å². The normalized spacial score (nSPS) is 11.4. The van der Waals surface area contributed by atoms with Crippen LogP contribution in [-0.2, 0) is 11.2 Å². The van der Waals surface area contributed by atoms with Gasteiger partial charge in [0, 0.05) is 24.2 Å². The average molecular weight is 535 g/mol. The maximum atomic E-state index is 13.9. The fraction of sp³-hybridized carbons (Fsp3) is 0.206. The molecule has 40 heavy (non-hydrogen) atoms. The molecule has 0 saturated heterocycles. The van der Waals surface area contributed by atoms with Crippen molar-refractivity contribution in [3.8, 4) is 11.1 Å². The van der Waals surface area contributed by atoms with Crippen LogP contribution in [0.4, 0.5) is 0 Å². The van der Waals surface area contributed by atoms with Crippen LogP contribution in [0.25, 0.3) is 11.1 Å². The summed E-state index contributed by atoms with van der Waals surface area (Å²) in [6.45, 7) is 4.42. The molecule has 2 amide bonds. The molecule has 0 aliphatic rings. The van der Waals surface area contributed by atoms with Crippen molar-refractivity contribution in [1.82, 2.24) is 10.2 Å². The highest BCUT2D eigenvalue weighted by Gasteiger charge is 2.23. The smallest absolute Gasteiger partial charge is 0.305 e. The molecule has 0 saturated carbocycles. The number of benzene rings is 4. The van der Waals surface area contributed by atoms with E-state index >= 15 is 0 Å². The van der Waals surface area contributed by atoms with Crippen molar-refractivity contribution in [3.63, 3.8) is 0 Å². The van der Waals surface area contributed by atoms with Crippen LogP contribution >= 0.6 is 0 Å². The first-order chi connectivity index (χ1) is 19.3. The lowest BCUT2D eigenvalue weighted by Gasteiger charge is -2.24. The van der Waals surface area contributed by atoms with Crippen LogP contribution in [0.2, 0.25) is 0 Å². The molecule has 0 aliphatic heterocycles. The highest BCUT2D eigenvalue weighted by molar-refractivity contribution is 6.06. The highest BCUT2D eigenvalue weighted by Crippen LogP contribution is 2.29. The minimum absolute atomic E-state index is 0.0884. The highest BCUT2D eigenvalue weighted by atomic mass is 16.4. The fourth-order valence-corrected chi connectivity index (χ4v) is 4.78. The summed E-state index contributed by atoms with van der Waals surface area (Å²) < 4.78 is 0. The Morgan fingerprint density at radius 1 is 0.750 bits per heavy atom. The standard InChI is InChI=1S/C34H34N2O4/c1-24-12-6-7-13-26(24)20-22-36(23-21-32(37)38)34(40)31-19-11-9-17-29(31)28-16-8-10-18-30(28)33(39)35-25(2)27-14-4-3-5-15-27/h3-19,25H,20-23H2,1-2H3,(H,35,39)(H,37,38). The minimum Gasteiger partial charge on any atom is -0.481 e. The molecule has 2 N–H and O–H groups in total. The zero-order chi connectivity index (χ0) is 28.5. The Bertz CT molecular complexity index is 1480. The fourth-order valence-electron chi connectivity index (χ4n) is 4.78. The molecule has 1 atom stereocenters. The number of carboxylic acids is 1. The van der Waals surface area contributed by atoms with Gasteiger partial charge in [-0.3, -0.25) is 14.4 Å². The number of hydrogen-bond donors (Lipinski definition) is 2. The van der Waals surface area contributed by atoms with Crippen molar-refractivity contribution >= 4 is 17.8 Å². The van der Waals surface area contributed by atoms with E-state index in [0.717, 1.165) is 16.7 Å². The average Bonchev–Trinajstić information content (AvgIpc) is 2.98. The van der Waals surface area contributed by atoms with Crippen LogP contribution in [0.3, 0.4) is 0 Å². The Kier molecular flexibility index (Phi) is 9.47. The van der Waals surface area contributed by atoms with Gasteiger partial charge >= 0.3 is 5.97 Å². The van der Waals surface area contributed by atoms with Gasteiger partial charge in [0.25, 0.3) is 11.8 Å². The van der Waals surface area contributed by atoms with E-state index in [1.165, 1.54) is 0 Å². The van der Waals surface area contributed by atoms with E-state index in [-0.39, 0.29) is 30.8 Å². The molecule has 4 rings (SSSR count). The van der Waals surface area contributed by atoms with Gasteiger partial charge in [0.2, 0.25) is 0 Å². The van der Waals surface area contributed by atoms with E-state index in [2.05, 4.69) is 5.32 Å². The Labute approximate surface area is 235 Å². The van der Waals surface area contributed by atoms with Gasteiger partial charge in [0.15, 0.2) is 0 Å². The molecule has 0 heterocycles. The molecule has 1 unspecified atom stereocenters. The molecule has 4 aromatic carbocycles. The van der Waals surface area contributed by atoms with Crippen molar-refractivity contribution in [2.24, 2.45) is 0 Å². The van der Waals surface area contributed by atoms with E-state index in [1.54, 1.807) is 29.2 Å². The van der Waals surface area contributed by atoms with Gasteiger partial charge in [-0.15, -0.1) is 0 Å². The summed E-state index contributed by atoms with van der Waals surface area (Å²) in [6, 6.07) is 31.9. The first-order valence-corrected chi connectivity index (χ1v) is 13.4. The summed E-state index contributed by atoms with van der Waals surface area (Å²) in [6.07, 6.45) is 0.453. The molecular formula is C34H34N2O4. The maximum absolute atomic E-state index is 13.9. The van der Waals surface area contributed by atoms with Crippen molar-refractivity contribution < 1.29 is 19.5 Å². The molecule has 0 aliphatic carbocycles.